The molecule has 4 aliphatic carbocycles. The summed E-state index contributed by atoms with van der Waals surface area (Å²) in [5.74, 6) is -1.45. The first kappa shape index (κ1) is 43.6. The van der Waals surface area contributed by atoms with Crippen molar-refractivity contribution in [2.75, 3.05) is 13.2 Å². The lowest BCUT2D eigenvalue weighted by atomic mass is 9.41. The molecular formula is C42H68O16. The Hall–Kier alpha value is -1.09. The van der Waals surface area contributed by atoms with Gasteiger partial charge >= 0.3 is 5.97 Å². The fourth-order valence-corrected chi connectivity index (χ4v) is 14.2. The van der Waals surface area contributed by atoms with Crippen LogP contribution >= 0.6 is 0 Å². The maximum Gasteiger partial charge on any atom is 0.303 e. The number of hydrogen-bond acceptors (Lipinski definition) is 16. The topological polar surface area (TPSA) is 247 Å². The average Bonchev–Trinajstić information content (AvgIpc) is 3.50. The maximum absolute atomic E-state index is 12.2. The van der Waals surface area contributed by atoms with Crippen molar-refractivity contribution in [2.24, 2.45) is 34.0 Å². The van der Waals surface area contributed by atoms with Gasteiger partial charge in [0.05, 0.1) is 48.8 Å². The first-order valence-corrected chi connectivity index (χ1v) is 21.5. The molecule has 332 valence electrons. The minimum absolute atomic E-state index is 0.139. The highest BCUT2D eigenvalue weighted by Gasteiger charge is 2.87. The highest BCUT2D eigenvalue weighted by molar-refractivity contribution is 5.66. The molecule has 21 atom stereocenters. The van der Waals surface area contributed by atoms with Crippen LogP contribution in [-0.4, -0.2) is 162 Å². The molecule has 8 fully saturated rings. The fourth-order valence-electron chi connectivity index (χ4n) is 14.2. The van der Waals surface area contributed by atoms with Crippen LogP contribution in [0.4, 0.5) is 0 Å². The largest absolute Gasteiger partial charge is 0.454 e. The molecule has 8 N–H and O–H groups in total. The van der Waals surface area contributed by atoms with Crippen molar-refractivity contribution < 1.29 is 78.8 Å². The summed E-state index contributed by atoms with van der Waals surface area (Å²) in [6, 6.07) is 0. The number of aliphatic hydroxyl groups excluding tert-OH is 7. The minimum atomic E-state index is -1.65. The molecule has 0 bridgehead atoms. The highest BCUT2D eigenvalue weighted by Crippen LogP contribution is 2.82. The Bertz CT molecular complexity index is 1570. The van der Waals surface area contributed by atoms with Crippen LogP contribution in [0.25, 0.3) is 0 Å². The first-order valence-electron chi connectivity index (χ1n) is 21.5. The van der Waals surface area contributed by atoms with Crippen LogP contribution in [0, 0.1) is 34.0 Å². The van der Waals surface area contributed by atoms with E-state index >= 15 is 0 Å². The number of epoxide rings is 1. The molecule has 8 aliphatic rings. The van der Waals surface area contributed by atoms with E-state index in [0.717, 1.165) is 6.42 Å². The smallest absolute Gasteiger partial charge is 0.303 e. The lowest BCUT2D eigenvalue weighted by Crippen LogP contribution is -2.68. The van der Waals surface area contributed by atoms with Crippen LogP contribution in [0.15, 0.2) is 0 Å². The van der Waals surface area contributed by atoms with Crippen molar-refractivity contribution in [2.45, 2.75) is 209 Å². The number of carbonyl (C=O) groups is 1. The van der Waals surface area contributed by atoms with E-state index in [-0.39, 0.29) is 24.5 Å². The Kier molecular flexibility index (Phi) is 10.7. The normalized spacial score (nSPS) is 56.1. The van der Waals surface area contributed by atoms with E-state index < -0.39 is 131 Å². The summed E-state index contributed by atoms with van der Waals surface area (Å²) in [5, 5.41) is 87.1. The van der Waals surface area contributed by atoms with Crippen molar-refractivity contribution in [3.8, 4) is 0 Å². The molecule has 16 heteroatoms. The predicted octanol–water partition coefficient (Wildman–Crippen LogP) is 0.426. The van der Waals surface area contributed by atoms with Crippen LogP contribution in [-0.2, 0) is 38.0 Å². The van der Waals surface area contributed by atoms with E-state index in [1.54, 1.807) is 13.8 Å². The van der Waals surface area contributed by atoms with Crippen LogP contribution in [0.3, 0.4) is 0 Å². The second kappa shape index (κ2) is 14.2. The number of hydrogen-bond donors (Lipinski definition) is 8. The Morgan fingerprint density at radius 2 is 1.50 bits per heavy atom. The number of carbonyl (C=O) groups excluding carboxylic acids is 1. The van der Waals surface area contributed by atoms with E-state index in [1.807, 2.05) is 13.8 Å². The van der Waals surface area contributed by atoms with Gasteiger partial charge in [-0.15, -0.1) is 0 Å². The molecule has 4 saturated heterocycles. The zero-order valence-corrected chi connectivity index (χ0v) is 35.2. The zero-order valence-electron chi connectivity index (χ0n) is 35.2. The summed E-state index contributed by atoms with van der Waals surface area (Å²) in [7, 11) is 0. The Balaban J connectivity index is 1.15. The van der Waals surface area contributed by atoms with E-state index in [4.69, 9.17) is 33.2 Å². The van der Waals surface area contributed by atoms with Crippen LogP contribution in [0.1, 0.15) is 107 Å². The highest BCUT2D eigenvalue weighted by atomic mass is 16.7. The monoisotopic (exact) mass is 828 g/mol. The van der Waals surface area contributed by atoms with E-state index in [1.165, 1.54) is 6.92 Å². The quantitative estimate of drug-likeness (QED) is 0.0939. The van der Waals surface area contributed by atoms with E-state index in [2.05, 4.69) is 20.8 Å². The standard InChI is InChI=1S/C42H68O16/c1-19(44)53-31-27(47)21(46)18-52-35(31)56-25-10-12-42-33(36(25,2)3)22(54-34-30(50)29(49)28(48)23(17-43)55-34)15-24-39(7)16-20(45)32(38(39,6)13-14-41(24,42)58-42)40(8)11-9-26(57-40)37(4,5)51/h20-35,43,45-51H,9-18H2,1-8H3/t20-,21?,22?,23?,24-,25-,26-,27?,28?,29?,30?,31?,32?,33?,34?,35?,38+,39?,40?,41-,42+/m0/s1. The Labute approximate surface area is 340 Å². The molecule has 4 aliphatic heterocycles. The van der Waals surface area contributed by atoms with Gasteiger partial charge < -0.3 is 74.0 Å². The van der Waals surface area contributed by atoms with Crippen molar-refractivity contribution in [1.82, 2.24) is 0 Å². The third kappa shape index (κ3) is 6.16. The minimum Gasteiger partial charge on any atom is -0.454 e. The van der Waals surface area contributed by atoms with Crippen molar-refractivity contribution in [3.05, 3.63) is 0 Å². The number of esters is 1. The molecule has 0 aromatic carbocycles. The lowest BCUT2D eigenvalue weighted by molar-refractivity contribution is -0.333. The van der Waals surface area contributed by atoms with Crippen LogP contribution < -0.4 is 0 Å². The Morgan fingerprint density at radius 3 is 2.14 bits per heavy atom. The molecule has 2 spiro atoms. The van der Waals surface area contributed by atoms with Gasteiger partial charge in [0.15, 0.2) is 18.7 Å². The van der Waals surface area contributed by atoms with Gasteiger partial charge in [-0.3, -0.25) is 4.79 Å². The number of fused-ring (bicyclic) bond motifs is 2. The van der Waals surface area contributed by atoms with E-state index in [0.29, 0.717) is 44.9 Å². The summed E-state index contributed by atoms with van der Waals surface area (Å²) in [6.45, 7) is 14.6. The average molecular weight is 829 g/mol. The van der Waals surface area contributed by atoms with Crippen LogP contribution in [0.2, 0.25) is 0 Å². The molecule has 0 radical (unpaired) electrons. The van der Waals surface area contributed by atoms with E-state index in [9.17, 15) is 45.6 Å². The third-order valence-corrected chi connectivity index (χ3v) is 17.1. The summed E-state index contributed by atoms with van der Waals surface area (Å²) in [5.41, 5.74) is -4.71. The van der Waals surface area contributed by atoms with Gasteiger partial charge in [-0.25, -0.2) is 0 Å². The van der Waals surface area contributed by atoms with Gasteiger partial charge in [0, 0.05) is 18.8 Å². The maximum atomic E-state index is 12.2. The van der Waals surface area contributed by atoms with Crippen molar-refractivity contribution in [3.63, 3.8) is 0 Å². The Morgan fingerprint density at radius 1 is 0.793 bits per heavy atom. The third-order valence-electron chi connectivity index (χ3n) is 17.1. The molecule has 4 heterocycles. The fraction of sp³-hybridized carbons (Fsp3) is 0.976. The molecule has 16 nitrogen and oxygen atoms in total. The molecule has 0 amide bonds. The molecule has 0 aromatic rings. The molecule has 8 rings (SSSR count). The molecule has 58 heavy (non-hydrogen) atoms. The molecule has 0 aromatic heterocycles. The van der Waals surface area contributed by atoms with Crippen molar-refractivity contribution in [1.29, 1.82) is 0 Å². The predicted molar refractivity (Wildman–Crippen MR) is 200 cm³/mol. The van der Waals surface area contributed by atoms with Gasteiger partial charge in [0.2, 0.25) is 0 Å². The van der Waals surface area contributed by atoms with Gasteiger partial charge in [0.25, 0.3) is 0 Å². The zero-order chi connectivity index (χ0) is 42.3. The number of ether oxygens (including phenoxy) is 7. The molecular weight excluding hydrogens is 760 g/mol. The molecule has 4 saturated carbocycles. The second-order valence-corrected chi connectivity index (χ2v) is 21.0. The van der Waals surface area contributed by atoms with Gasteiger partial charge in [0.1, 0.15) is 47.8 Å². The first-order chi connectivity index (χ1) is 26.9. The van der Waals surface area contributed by atoms with Crippen molar-refractivity contribution >= 4 is 5.97 Å². The van der Waals surface area contributed by atoms with Gasteiger partial charge in [-0.05, 0) is 94.3 Å². The lowest BCUT2D eigenvalue weighted by Gasteiger charge is -2.63. The van der Waals surface area contributed by atoms with Gasteiger partial charge in [-0.1, -0.05) is 27.7 Å². The number of aliphatic hydroxyl groups is 8. The summed E-state index contributed by atoms with van der Waals surface area (Å²) in [6.07, 6.45) is -10.1. The second-order valence-electron chi connectivity index (χ2n) is 21.0. The molecule has 14 unspecified atom stereocenters. The SMILES string of the molecule is CC(=O)OC1C(O[C@H]2CC[C@]34O[C@]35CC[C@]3(C)C(C6(C)CC[C@@H](C(C)(C)O)O6)[C@@H](O)CC3(C)[C@@H]5CC(OC3OC(CO)C(O)C(O)C3O)C4C2(C)C)OCC(O)C1O. The van der Waals surface area contributed by atoms with Gasteiger partial charge in [-0.2, -0.15) is 0 Å². The summed E-state index contributed by atoms with van der Waals surface area (Å²) in [4.78, 5) is 12.1. The summed E-state index contributed by atoms with van der Waals surface area (Å²) < 4.78 is 44.8. The number of rotatable bonds is 8. The van der Waals surface area contributed by atoms with Crippen LogP contribution in [0.5, 0.6) is 0 Å². The summed E-state index contributed by atoms with van der Waals surface area (Å²) >= 11 is 0.